The van der Waals surface area contributed by atoms with Crippen LogP contribution in [0.1, 0.15) is 12.1 Å². The molecule has 2 unspecified atom stereocenters. The molecule has 0 N–H and O–H groups in total. The second-order valence-corrected chi connectivity index (χ2v) is 11.1. The fourth-order valence-corrected chi connectivity index (χ4v) is 7.33. The van der Waals surface area contributed by atoms with Crippen molar-refractivity contribution < 1.29 is 0 Å². The van der Waals surface area contributed by atoms with Crippen LogP contribution in [0, 0.1) is 22.7 Å². The SMILES string of the molecule is C=CC(C(/C(C#N)=C/C#N)n1c2ccccc2c2ccccc21)n1c2ccccc2c2c3ccccc3c3ccccc3c21. The Kier molecular flexibility index (Phi) is 5.83. The number of hydrogen-bond donors (Lipinski definition) is 0. The van der Waals surface area contributed by atoms with Crippen LogP contribution >= 0.6 is 0 Å². The molecular formula is C40H26N4. The summed E-state index contributed by atoms with van der Waals surface area (Å²) in [5, 5.41) is 29.7. The molecule has 2 aromatic heterocycles. The molecule has 2 atom stereocenters. The van der Waals surface area contributed by atoms with E-state index in [1.165, 1.54) is 27.6 Å². The molecule has 0 aliphatic carbocycles. The van der Waals surface area contributed by atoms with Crippen LogP contribution < -0.4 is 0 Å². The van der Waals surface area contributed by atoms with E-state index in [1.807, 2.05) is 30.3 Å². The Morgan fingerprint density at radius 3 is 1.57 bits per heavy atom. The molecule has 0 fully saturated rings. The standard InChI is InChI=1S/C40H26N4/c1-2-34(39(26(25-42)23-24-41)44-35-20-10-7-15-29(35)30-16-8-11-21-36(30)44)43-37-22-12-9-19-33(37)38-31-17-5-3-13-27(31)28-14-4-6-18-32(28)40(38)43/h2-23,34,39H,1H2/b26-23+. The van der Waals surface area contributed by atoms with Gasteiger partial charge in [0, 0.05) is 49.6 Å². The van der Waals surface area contributed by atoms with Crippen LogP contribution in [0.25, 0.3) is 65.2 Å². The fourth-order valence-electron chi connectivity index (χ4n) is 7.33. The topological polar surface area (TPSA) is 57.4 Å². The first kappa shape index (κ1) is 25.6. The van der Waals surface area contributed by atoms with Gasteiger partial charge in [-0.1, -0.05) is 109 Å². The molecule has 4 heteroatoms. The highest BCUT2D eigenvalue weighted by molar-refractivity contribution is 6.31. The van der Waals surface area contributed by atoms with Crippen LogP contribution in [0.5, 0.6) is 0 Å². The molecule has 44 heavy (non-hydrogen) atoms. The minimum absolute atomic E-state index is 0.375. The van der Waals surface area contributed by atoms with Crippen molar-refractivity contribution in [1.29, 1.82) is 10.5 Å². The summed E-state index contributed by atoms with van der Waals surface area (Å²) in [6.07, 6.45) is 3.33. The van der Waals surface area contributed by atoms with Crippen molar-refractivity contribution in [1.82, 2.24) is 9.13 Å². The highest BCUT2D eigenvalue weighted by Crippen LogP contribution is 2.46. The van der Waals surface area contributed by atoms with Crippen LogP contribution in [-0.2, 0) is 0 Å². The van der Waals surface area contributed by atoms with E-state index in [1.54, 1.807) is 0 Å². The molecule has 0 radical (unpaired) electrons. The van der Waals surface area contributed by atoms with E-state index >= 15 is 0 Å². The first-order valence-electron chi connectivity index (χ1n) is 14.7. The summed E-state index contributed by atoms with van der Waals surface area (Å²) < 4.78 is 4.58. The number of fused-ring (bicyclic) bond motifs is 11. The molecule has 0 aliphatic rings. The molecule has 0 spiro atoms. The molecule has 0 bridgehead atoms. The maximum atomic E-state index is 10.6. The lowest BCUT2D eigenvalue weighted by atomic mass is 9.95. The van der Waals surface area contributed by atoms with Gasteiger partial charge in [-0.15, -0.1) is 6.58 Å². The first-order valence-corrected chi connectivity index (χ1v) is 14.7. The van der Waals surface area contributed by atoms with E-state index in [4.69, 9.17) is 0 Å². The summed E-state index contributed by atoms with van der Waals surface area (Å²) in [5.74, 6) is 0. The van der Waals surface area contributed by atoms with Crippen molar-refractivity contribution >= 4 is 65.2 Å². The van der Waals surface area contributed by atoms with Gasteiger partial charge >= 0.3 is 0 Å². The number of nitriles is 2. The van der Waals surface area contributed by atoms with E-state index in [2.05, 4.69) is 125 Å². The van der Waals surface area contributed by atoms with Crippen molar-refractivity contribution in [2.45, 2.75) is 12.1 Å². The minimum atomic E-state index is -0.550. The van der Waals surface area contributed by atoms with Crippen LogP contribution in [0.15, 0.2) is 146 Å². The Bertz CT molecular complexity index is 2510. The van der Waals surface area contributed by atoms with Gasteiger partial charge in [-0.25, -0.2) is 0 Å². The van der Waals surface area contributed by atoms with E-state index in [9.17, 15) is 10.5 Å². The number of benzene rings is 6. The predicted molar refractivity (Wildman–Crippen MR) is 181 cm³/mol. The van der Waals surface area contributed by atoms with Crippen molar-refractivity contribution in [3.05, 3.63) is 146 Å². The molecule has 0 saturated carbocycles. The molecule has 0 saturated heterocycles. The zero-order valence-corrected chi connectivity index (χ0v) is 23.9. The maximum Gasteiger partial charge on any atom is 0.0977 e. The lowest BCUT2D eigenvalue weighted by Crippen LogP contribution is -2.23. The number of aromatic nitrogens is 2. The molecule has 2 heterocycles. The summed E-state index contributed by atoms with van der Waals surface area (Å²) in [7, 11) is 0. The molecule has 4 nitrogen and oxygen atoms in total. The molecular weight excluding hydrogens is 536 g/mol. The van der Waals surface area contributed by atoms with E-state index < -0.39 is 12.1 Å². The summed E-state index contributed by atoms with van der Waals surface area (Å²) in [6.45, 7) is 4.39. The second kappa shape index (κ2) is 10.0. The Hall–Kier alpha value is -6.10. The predicted octanol–water partition coefficient (Wildman–Crippen LogP) is 10.2. The van der Waals surface area contributed by atoms with Gasteiger partial charge in [0.25, 0.3) is 0 Å². The monoisotopic (exact) mass is 562 g/mol. The summed E-state index contributed by atoms with van der Waals surface area (Å²) in [4.78, 5) is 0. The molecule has 8 aromatic rings. The van der Waals surface area contributed by atoms with Gasteiger partial charge in [-0.2, -0.15) is 10.5 Å². The summed E-state index contributed by atoms with van der Waals surface area (Å²) >= 11 is 0. The van der Waals surface area contributed by atoms with Crippen LogP contribution in [0.3, 0.4) is 0 Å². The molecule has 6 aromatic carbocycles. The third-order valence-corrected chi connectivity index (χ3v) is 9.01. The van der Waals surface area contributed by atoms with E-state index in [0.29, 0.717) is 5.57 Å². The Labute approximate surface area is 254 Å². The molecule has 206 valence electrons. The van der Waals surface area contributed by atoms with Crippen molar-refractivity contribution in [3.8, 4) is 12.1 Å². The van der Waals surface area contributed by atoms with E-state index in [0.717, 1.165) is 43.6 Å². The van der Waals surface area contributed by atoms with Crippen LogP contribution in [0.4, 0.5) is 0 Å². The number of para-hydroxylation sites is 3. The van der Waals surface area contributed by atoms with E-state index in [-0.39, 0.29) is 0 Å². The molecule has 0 aliphatic heterocycles. The average Bonchev–Trinajstić information content (AvgIpc) is 3.60. The molecule has 8 rings (SSSR count). The van der Waals surface area contributed by atoms with Crippen LogP contribution in [0.2, 0.25) is 0 Å². The second-order valence-electron chi connectivity index (χ2n) is 11.1. The first-order chi connectivity index (χ1) is 21.8. The summed E-state index contributed by atoms with van der Waals surface area (Å²) in [5.41, 5.74) is 4.51. The number of hydrogen-bond acceptors (Lipinski definition) is 2. The molecule has 0 amide bonds. The quantitative estimate of drug-likeness (QED) is 0.119. The third kappa shape index (κ3) is 3.49. The van der Waals surface area contributed by atoms with Gasteiger partial charge < -0.3 is 9.13 Å². The van der Waals surface area contributed by atoms with Crippen LogP contribution in [-0.4, -0.2) is 9.13 Å². The summed E-state index contributed by atoms with van der Waals surface area (Å²) in [6, 6.07) is 45.8. The smallest absolute Gasteiger partial charge is 0.0977 e. The lowest BCUT2D eigenvalue weighted by molar-refractivity contribution is 0.471. The van der Waals surface area contributed by atoms with Gasteiger partial charge in [0.2, 0.25) is 0 Å². The number of nitrogens with zero attached hydrogens (tertiary/aromatic N) is 4. The van der Waals surface area contributed by atoms with Gasteiger partial charge in [0.05, 0.1) is 35.3 Å². The lowest BCUT2D eigenvalue weighted by Gasteiger charge is -2.30. The largest absolute Gasteiger partial charge is 0.330 e. The highest BCUT2D eigenvalue weighted by atomic mass is 15.1. The van der Waals surface area contributed by atoms with Gasteiger partial charge in [-0.05, 0) is 34.4 Å². The Balaban J connectivity index is 1.58. The average molecular weight is 563 g/mol. The van der Waals surface area contributed by atoms with Crippen molar-refractivity contribution in [3.63, 3.8) is 0 Å². The van der Waals surface area contributed by atoms with Crippen molar-refractivity contribution in [2.24, 2.45) is 0 Å². The normalized spacial score (nSPS) is 13.5. The maximum absolute atomic E-state index is 10.6. The Morgan fingerprint density at radius 2 is 1.02 bits per heavy atom. The fraction of sp³-hybridized carbons (Fsp3) is 0.0500. The zero-order chi connectivity index (χ0) is 29.8. The third-order valence-electron chi connectivity index (χ3n) is 9.01. The highest BCUT2D eigenvalue weighted by Gasteiger charge is 2.32. The number of allylic oxidation sites excluding steroid dienone is 3. The van der Waals surface area contributed by atoms with Gasteiger partial charge in [0.15, 0.2) is 0 Å². The zero-order valence-electron chi connectivity index (χ0n) is 23.9. The minimum Gasteiger partial charge on any atom is -0.330 e. The Morgan fingerprint density at radius 1 is 0.568 bits per heavy atom. The number of rotatable bonds is 5. The van der Waals surface area contributed by atoms with Gasteiger partial charge in [0.1, 0.15) is 0 Å². The van der Waals surface area contributed by atoms with Crippen molar-refractivity contribution in [2.75, 3.05) is 0 Å². The van der Waals surface area contributed by atoms with Gasteiger partial charge in [-0.3, -0.25) is 0 Å².